The quantitative estimate of drug-likeness (QED) is 0.780. The van der Waals surface area contributed by atoms with E-state index in [2.05, 4.69) is 20.5 Å². The number of nitrogens with zero attached hydrogens (tertiary/aromatic N) is 2. The number of amides is 1. The Morgan fingerprint density at radius 3 is 2.86 bits per heavy atom. The van der Waals surface area contributed by atoms with Gasteiger partial charge in [-0.25, -0.2) is 4.39 Å². The van der Waals surface area contributed by atoms with Gasteiger partial charge in [-0.05, 0) is 48.9 Å². The molecule has 110 valence electrons. The summed E-state index contributed by atoms with van der Waals surface area (Å²) in [6.45, 7) is 1.73. The van der Waals surface area contributed by atoms with Crippen LogP contribution in [0.25, 0.3) is 11.3 Å². The number of nitrogens with one attached hydrogen (secondary N) is 2. The number of hydrogen-bond acceptors (Lipinski definition) is 3. The Balaban J connectivity index is 1.80. The molecule has 0 aliphatic carbocycles. The van der Waals surface area contributed by atoms with E-state index >= 15 is 0 Å². The number of aryl methyl sites for hydroxylation is 1. The van der Waals surface area contributed by atoms with Gasteiger partial charge in [-0.3, -0.25) is 14.9 Å². The van der Waals surface area contributed by atoms with E-state index in [1.807, 2.05) is 6.07 Å². The number of halogens is 1. The Bertz CT molecular complexity index is 814. The van der Waals surface area contributed by atoms with E-state index in [0.717, 1.165) is 5.56 Å². The van der Waals surface area contributed by atoms with Gasteiger partial charge in [-0.1, -0.05) is 0 Å². The van der Waals surface area contributed by atoms with Crippen LogP contribution in [0, 0.1) is 12.7 Å². The highest BCUT2D eigenvalue weighted by Gasteiger charge is 2.12. The summed E-state index contributed by atoms with van der Waals surface area (Å²) in [5.41, 5.74) is 2.98. The van der Waals surface area contributed by atoms with Gasteiger partial charge in [0.1, 0.15) is 11.5 Å². The molecule has 0 aliphatic heterocycles. The molecule has 2 N–H and O–H groups in total. The third-order valence-corrected chi connectivity index (χ3v) is 3.22. The molecule has 0 saturated heterocycles. The van der Waals surface area contributed by atoms with Crippen molar-refractivity contribution in [2.24, 2.45) is 0 Å². The van der Waals surface area contributed by atoms with Crippen LogP contribution in [0.2, 0.25) is 0 Å². The van der Waals surface area contributed by atoms with Crippen molar-refractivity contribution in [2.45, 2.75) is 6.92 Å². The average molecular weight is 296 g/mol. The Kier molecular flexibility index (Phi) is 3.65. The predicted molar refractivity (Wildman–Crippen MR) is 80.9 cm³/mol. The largest absolute Gasteiger partial charge is 0.320 e. The van der Waals surface area contributed by atoms with Crippen LogP contribution in [-0.4, -0.2) is 21.1 Å². The highest BCUT2D eigenvalue weighted by molar-refractivity contribution is 6.03. The lowest BCUT2D eigenvalue weighted by Crippen LogP contribution is -2.13. The highest BCUT2D eigenvalue weighted by atomic mass is 19.1. The summed E-state index contributed by atoms with van der Waals surface area (Å²) < 4.78 is 13.1. The second-order valence-corrected chi connectivity index (χ2v) is 4.82. The topological polar surface area (TPSA) is 70.7 Å². The number of anilines is 1. The van der Waals surface area contributed by atoms with Crippen LogP contribution in [0.15, 0.2) is 48.8 Å². The monoisotopic (exact) mass is 296 g/mol. The molecule has 2 heterocycles. The van der Waals surface area contributed by atoms with Gasteiger partial charge in [-0.2, -0.15) is 5.10 Å². The minimum atomic E-state index is -0.337. The molecule has 0 unspecified atom stereocenters. The summed E-state index contributed by atoms with van der Waals surface area (Å²) in [6.07, 6.45) is 3.34. The molecule has 0 bridgehead atoms. The van der Waals surface area contributed by atoms with E-state index in [0.29, 0.717) is 22.6 Å². The molecular weight excluding hydrogens is 283 g/mol. The van der Waals surface area contributed by atoms with E-state index in [4.69, 9.17) is 0 Å². The molecule has 0 fully saturated rings. The zero-order chi connectivity index (χ0) is 15.5. The lowest BCUT2D eigenvalue weighted by atomic mass is 10.2. The Morgan fingerprint density at radius 1 is 1.27 bits per heavy atom. The number of rotatable bonds is 3. The van der Waals surface area contributed by atoms with Crippen molar-refractivity contribution in [3.63, 3.8) is 0 Å². The van der Waals surface area contributed by atoms with Gasteiger partial charge < -0.3 is 5.32 Å². The number of carbonyl (C=O) groups excluding carboxylic acids is 1. The fourth-order valence-electron chi connectivity index (χ4n) is 2.06. The average Bonchev–Trinajstić information content (AvgIpc) is 3.01. The molecule has 1 aromatic carbocycles. The van der Waals surface area contributed by atoms with Crippen LogP contribution in [0.5, 0.6) is 0 Å². The molecule has 0 aliphatic rings. The van der Waals surface area contributed by atoms with E-state index in [9.17, 15) is 9.18 Å². The molecule has 5 nitrogen and oxygen atoms in total. The SMILES string of the molecule is Cc1cc(F)ccc1NC(=O)c1cc(-c2cccnc2)n[nH]1. The summed E-state index contributed by atoms with van der Waals surface area (Å²) in [5, 5.41) is 9.52. The second kappa shape index (κ2) is 5.77. The van der Waals surface area contributed by atoms with E-state index in [1.54, 1.807) is 31.5 Å². The number of pyridine rings is 1. The molecule has 0 saturated carbocycles. The first-order valence-corrected chi connectivity index (χ1v) is 6.67. The fourth-order valence-corrected chi connectivity index (χ4v) is 2.06. The summed E-state index contributed by atoms with van der Waals surface area (Å²) in [6, 6.07) is 9.49. The molecule has 6 heteroatoms. The zero-order valence-corrected chi connectivity index (χ0v) is 11.8. The molecule has 22 heavy (non-hydrogen) atoms. The minimum Gasteiger partial charge on any atom is -0.320 e. The van der Waals surface area contributed by atoms with Crippen LogP contribution in [0.3, 0.4) is 0 Å². The lowest BCUT2D eigenvalue weighted by molar-refractivity contribution is 0.102. The van der Waals surface area contributed by atoms with E-state index < -0.39 is 0 Å². The second-order valence-electron chi connectivity index (χ2n) is 4.82. The molecule has 0 spiro atoms. The number of carbonyl (C=O) groups is 1. The predicted octanol–water partition coefficient (Wildman–Crippen LogP) is 3.17. The van der Waals surface area contributed by atoms with Crippen LogP contribution >= 0.6 is 0 Å². The van der Waals surface area contributed by atoms with Crippen molar-refractivity contribution in [3.8, 4) is 11.3 Å². The number of benzene rings is 1. The van der Waals surface area contributed by atoms with Gasteiger partial charge in [0, 0.05) is 23.6 Å². The molecular formula is C16H13FN4O. The Hall–Kier alpha value is -3.02. The lowest BCUT2D eigenvalue weighted by Gasteiger charge is -2.06. The third-order valence-electron chi connectivity index (χ3n) is 3.22. The molecule has 3 rings (SSSR count). The first-order chi connectivity index (χ1) is 10.6. The van der Waals surface area contributed by atoms with Gasteiger partial charge in [0.2, 0.25) is 0 Å². The third kappa shape index (κ3) is 2.85. The summed E-state index contributed by atoms with van der Waals surface area (Å²) in [5.74, 6) is -0.673. The fraction of sp³-hybridized carbons (Fsp3) is 0.0625. The maximum Gasteiger partial charge on any atom is 0.273 e. The van der Waals surface area contributed by atoms with Gasteiger partial charge in [0.25, 0.3) is 5.91 Å². The van der Waals surface area contributed by atoms with Gasteiger partial charge in [0.15, 0.2) is 0 Å². The van der Waals surface area contributed by atoms with Gasteiger partial charge in [0.05, 0.1) is 5.69 Å². The van der Waals surface area contributed by atoms with Crippen molar-refractivity contribution in [1.29, 1.82) is 0 Å². The summed E-state index contributed by atoms with van der Waals surface area (Å²) in [4.78, 5) is 16.2. The van der Waals surface area contributed by atoms with Crippen molar-refractivity contribution in [2.75, 3.05) is 5.32 Å². The van der Waals surface area contributed by atoms with Crippen molar-refractivity contribution < 1.29 is 9.18 Å². The van der Waals surface area contributed by atoms with Crippen molar-refractivity contribution in [3.05, 3.63) is 65.9 Å². The van der Waals surface area contributed by atoms with Crippen LogP contribution in [-0.2, 0) is 0 Å². The Morgan fingerprint density at radius 2 is 2.14 bits per heavy atom. The maximum absolute atomic E-state index is 13.1. The standard InChI is InChI=1S/C16H13FN4O/c1-10-7-12(17)4-5-13(10)19-16(22)15-8-14(20-21-15)11-3-2-6-18-9-11/h2-9H,1H3,(H,19,22)(H,20,21). The number of aromatic nitrogens is 3. The molecule has 1 amide bonds. The smallest absolute Gasteiger partial charge is 0.273 e. The normalized spacial score (nSPS) is 10.5. The van der Waals surface area contributed by atoms with Crippen LogP contribution in [0.1, 0.15) is 16.1 Å². The zero-order valence-electron chi connectivity index (χ0n) is 11.8. The Labute approximate surface area is 126 Å². The van der Waals surface area contributed by atoms with Crippen molar-refractivity contribution in [1.82, 2.24) is 15.2 Å². The minimum absolute atomic E-state index is 0.322. The van der Waals surface area contributed by atoms with E-state index in [1.165, 1.54) is 18.2 Å². The summed E-state index contributed by atoms with van der Waals surface area (Å²) >= 11 is 0. The van der Waals surface area contributed by atoms with Crippen LogP contribution < -0.4 is 5.32 Å². The number of H-pyrrole nitrogens is 1. The molecule has 3 aromatic rings. The van der Waals surface area contributed by atoms with E-state index in [-0.39, 0.29) is 11.7 Å². The van der Waals surface area contributed by atoms with Crippen LogP contribution in [0.4, 0.5) is 10.1 Å². The number of aromatic amines is 1. The molecule has 2 aromatic heterocycles. The van der Waals surface area contributed by atoms with Crippen molar-refractivity contribution >= 4 is 11.6 Å². The molecule has 0 atom stereocenters. The maximum atomic E-state index is 13.1. The summed E-state index contributed by atoms with van der Waals surface area (Å²) in [7, 11) is 0. The first kappa shape index (κ1) is 13.9. The van der Waals surface area contributed by atoms with Gasteiger partial charge in [-0.15, -0.1) is 0 Å². The highest BCUT2D eigenvalue weighted by Crippen LogP contribution is 2.19. The molecule has 0 radical (unpaired) electrons. The number of hydrogen-bond donors (Lipinski definition) is 2. The first-order valence-electron chi connectivity index (χ1n) is 6.67. The van der Waals surface area contributed by atoms with Gasteiger partial charge >= 0.3 is 0 Å².